The summed E-state index contributed by atoms with van der Waals surface area (Å²) in [6, 6.07) is 8.34. The number of amides is 1. The molecule has 1 aromatic carbocycles. The first-order valence-electron chi connectivity index (χ1n) is 6.11. The van der Waals surface area contributed by atoms with Gasteiger partial charge in [0.2, 0.25) is 0 Å². The van der Waals surface area contributed by atoms with E-state index in [1.54, 1.807) is 38.5 Å². The number of carbonyl (C=O) groups is 1. The van der Waals surface area contributed by atoms with Gasteiger partial charge in [-0.2, -0.15) is 0 Å². The standard InChI is InChI=1S/C14H16N2O5/c1-18-10-5-11(19-2)7-12(6-10)20-8-9-3-4-13(21-9)14(17)16-15/h3-7H,8,15H2,1-2H3,(H,16,17). The van der Waals surface area contributed by atoms with Gasteiger partial charge in [0.25, 0.3) is 0 Å². The number of benzene rings is 1. The van der Waals surface area contributed by atoms with Crippen LogP contribution in [-0.2, 0) is 6.61 Å². The molecule has 0 saturated carbocycles. The van der Waals surface area contributed by atoms with Crippen LogP contribution in [0, 0.1) is 0 Å². The second-order valence-corrected chi connectivity index (χ2v) is 4.08. The largest absolute Gasteiger partial charge is 0.496 e. The van der Waals surface area contributed by atoms with Crippen molar-refractivity contribution in [2.45, 2.75) is 6.61 Å². The van der Waals surface area contributed by atoms with Gasteiger partial charge in [0.1, 0.15) is 29.6 Å². The number of ether oxygens (including phenoxy) is 3. The molecule has 0 aliphatic carbocycles. The zero-order chi connectivity index (χ0) is 15.2. The second-order valence-electron chi connectivity index (χ2n) is 4.08. The quantitative estimate of drug-likeness (QED) is 0.475. The van der Waals surface area contributed by atoms with Crippen LogP contribution in [-0.4, -0.2) is 20.1 Å². The lowest BCUT2D eigenvalue weighted by molar-refractivity contribution is 0.0922. The lowest BCUT2D eigenvalue weighted by Crippen LogP contribution is -2.29. The third-order valence-corrected chi connectivity index (χ3v) is 2.72. The lowest BCUT2D eigenvalue weighted by atomic mass is 10.3. The first-order chi connectivity index (χ1) is 10.2. The average molecular weight is 292 g/mol. The topological polar surface area (TPSA) is 96.0 Å². The van der Waals surface area contributed by atoms with Gasteiger partial charge in [0.05, 0.1) is 14.2 Å². The van der Waals surface area contributed by atoms with E-state index < -0.39 is 5.91 Å². The molecular formula is C14H16N2O5. The Kier molecular flexibility index (Phi) is 4.68. The molecule has 2 aromatic rings. The SMILES string of the molecule is COc1cc(OC)cc(OCc2ccc(C(=O)NN)o2)c1. The van der Waals surface area contributed by atoms with Gasteiger partial charge in [-0.3, -0.25) is 10.2 Å². The molecule has 7 nitrogen and oxygen atoms in total. The Bertz CT molecular complexity index is 601. The number of nitrogen functional groups attached to an aromatic ring is 1. The van der Waals surface area contributed by atoms with Gasteiger partial charge in [0, 0.05) is 18.2 Å². The number of furan rings is 1. The van der Waals surface area contributed by atoms with Crippen molar-refractivity contribution in [3.63, 3.8) is 0 Å². The summed E-state index contributed by atoms with van der Waals surface area (Å²) in [4.78, 5) is 11.3. The molecule has 0 fully saturated rings. The van der Waals surface area contributed by atoms with Crippen molar-refractivity contribution < 1.29 is 23.4 Å². The van der Waals surface area contributed by atoms with Gasteiger partial charge in [0.15, 0.2) is 5.76 Å². The van der Waals surface area contributed by atoms with Crippen LogP contribution in [0.25, 0.3) is 0 Å². The predicted octanol–water partition coefficient (Wildman–Crippen LogP) is 1.48. The van der Waals surface area contributed by atoms with Crippen molar-refractivity contribution in [2.24, 2.45) is 5.84 Å². The molecule has 0 unspecified atom stereocenters. The maximum atomic E-state index is 11.3. The molecule has 0 saturated heterocycles. The molecular weight excluding hydrogens is 276 g/mol. The highest BCUT2D eigenvalue weighted by Gasteiger charge is 2.10. The highest BCUT2D eigenvalue weighted by Crippen LogP contribution is 2.28. The summed E-state index contributed by atoms with van der Waals surface area (Å²) >= 11 is 0. The number of methoxy groups -OCH3 is 2. The normalized spacial score (nSPS) is 10.0. The highest BCUT2D eigenvalue weighted by molar-refractivity contribution is 5.90. The molecule has 0 radical (unpaired) electrons. The highest BCUT2D eigenvalue weighted by atomic mass is 16.5. The summed E-state index contributed by atoms with van der Waals surface area (Å²) in [6.07, 6.45) is 0. The number of nitrogens with two attached hydrogens (primary N) is 1. The van der Waals surface area contributed by atoms with E-state index in [0.29, 0.717) is 23.0 Å². The maximum Gasteiger partial charge on any atom is 0.300 e. The molecule has 0 aliphatic rings. The van der Waals surface area contributed by atoms with Crippen molar-refractivity contribution in [2.75, 3.05) is 14.2 Å². The van der Waals surface area contributed by atoms with Gasteiger partial charge in [-0.05, 0) is 12.1 Å². The molecule has 1 aromatic heterocycles. The first-order valence-corrected chi connectivity index (χ1v) is 6.11. The fourth-order valence-corrected chi connectivity index (χ4v) is 1.67. The van der Waals surface area contributed by atoms with E-state index in [-0.39, 0.29) is 12.4 Å². The summed E-state index contributed by atoms with van der Waals surface area (Å²) in [5.74, 6) is 6.95. The Hall–Kier alpha value is -2.67. The van der Waals surface area contributed by atoms with Gasteiger partial charge < -0.3 is 18.6 Å². The molecule has 2 rings (SSSR count). The minimum absolute atomic E-state index is 0.124. The van der Waals surface area contributed by atoms with E-state index in [9.17, 15) is 4.79 Å². The number of hydrazine groups is 1. The fraction of sp³-hybridized carbons (Fsp3) is 0.214. The van der Waals surface area contributed by atoms with Gasteiger partial charge in [-0.25, -0.2) is 5.84 Å². The van der Waals surface area contributed by atoms with Crippen LogP contribution in [0.15, 0.2) is 34.7 Å². The van der Waals surface area contributed by atoms with Gasteiger partial charge >= 0.3 is 5.91 Å². The number of hydrogen-bond acceptors (Lipinski definition) is 6. The minimum Gasteiger partial charge on any atom is -0.496 e. The van der Waals surface area contributed by atoms with Crippen LogP contribution >= 0.6 is 0 Å². The monoisotopic (exact) mass is 292 g/mol. The summed E-state index contributed by atoms with van der Waals surface area (Å²) in [7, 11) is 3.12. The molecule has 3 N–H and O–H groups in total. The molecule has 0 bridgehead atoms. The third kappa shape index (κ3) is 3.67. The zero-order valence-electron chi connectivity index (χ0n) is 11.7. The molecule has 0 aliphatic heterocycles. The van der Waals surface area contributed by atoms with E-state index in [1.165, 1.54) is 6.07 Å². The fourth-order valence-electron chi connectivity index (χ4n) is 1.67. The molecule has 112 valence electrons. The smallest absolute Gasteiger partial charge is 0.300 e. The molecule has 21 heavy (non-hydrogen) atoms. The van der Waals surface area contributed by atoms with Crippen molar-refractivity contribution in [1.29, 1.82) is 0 Å². The number of rotatable bonds is 6. The number of nitrogens with one attached hydrogen (secondary N) is 1. The predicted molar refractivity (Wildman–Crippen MR) is 74.2 cm³/mol. The third-order valence-electron chi connectivity index (χ3n) is 2.72. The van der Waals surface area contributed by atoms with Crippen LogP contribution in [0.4, 0.5) is 0 Å². The van der Waals surface area contributed by atoms with E-state index in [0.717, 1.165) is 0 Å². The molecule has 0 atom stereocenters. The molecule has 7 heteroatoms. The Morgan fingerprint density at radius 3 is 2.33 bits per heavy atom. The van der Waals surface area contributed by atoms with E-state index in [4.69, 9.17) is 24.5 Å². The molecule has 1 amide bonds. The Balaban J connectivity index is 2.05. The van der Waals surface area contributed by atoms with Gasteiger partial charge in [-0.1, -0.05) is 0 Å². The first kappa shape index (κ1) is 14.7. The average Bonchev–Trinajstić information content (AvgIpc) is 3.00. The van der Waals surface area contributed by atoms with E-state index >= 15 is 0 Å². The lowest BCUT2D eigenvalue weighted by Gasteiger charge is -2.09. The van der Waals surface area contributed by atoms with Crippen LogP contribution in [0.3, 0.4) is 0 Å². The maximum absolute atomic E-state index is 11.3. The summed E-state index contributed by atoms with van der Waals surface area (Å²) in [6.45, 7) is 0.161. The van der Waals surface area contributed by atoms with Gasteiger partial charge in [-0.15, -0.1) is 0 Å². The molecule has 0 spiro atoms. The van der Waals surface area contributed by atoms with Crippen molar-refractivity contribution in [3.05, 3.63) is 41.9 Å². The van der Waals surface area contributed by atoms with Crippen LogP contribution < -0.4 is 25.5 Å². The minimum atomic E-state index is -0.496. The Morgan fingerprint density at radius 2 is 1.76 bits per heavy atom. The van der Waals surface area contributed by atoms with Crippen molar-refractivity contribution in [1.82, 2.24) is 5.43 Å². The van der Waals surface area contributed by atoms with Crippen LogP contribution in [0.2, 0.25) is 0 Å². The van der Waals surface area contributed by atoms with Crippen LogP contribution in [0.5, 0.6) is 17.2 Å². The van der Waals surface area contributed by atoms with E-state index in [2.05, 4.69) is 0 Å². The van der Waals surface area contributed by atoms with Crippen LogP contribution in [0.1, 0.15) is 16.3 Å². The molecule has 1 heterocycles. The summed E-state index contributed by atoms with van der Waals surface area (Å²) < 4.78 is 21.2. The second kappa shape index (κ2) is 6.67. The Morgan fingerprint density at radius 1 is 1.14 bits per heavy atom. The summed E-state index contributed by atoms with van der Waals surface area (Å²) in [5, 5.41) is 0. The zero-order valence-corrected chi connectivity index (χ0v) is 11.7. The number of carbonyl (C=O) groups excluding carboxylic acids is 1. The van der Waals surface area contributed by atoms with Crippen molar-refractivity contribution >= 4 is 5.91 Å². The summed E-state index contributed by atoms with van der Waals surface area (Å²) in [5.41, 5.74) is 1.99. The Labute approximate surface area is 121 Å². The van der Waals surface area contributed by atoms with Crippen molar-refractivity contribution in [3.8, 4) is 17.2 Å². The number of hydrogen-bond donors (Lipinski definition) is 2. The van der Waals surface area contributed by atoms with E-state index in [1.807, 2.05) is 5.43 Å².